The van der Waals surface area contributed by atoms with Crippen LogP contribution in [0.2, 0.25) is 0 Å². The molecule has 0 fully saturated rings. The van der Waals surface area contributed by atoms with Gasteiger partial charge in [-0.15, -0.1) is 23.7 Å². The Kier molecular flexibility index (Phi) is 3.81. The average molecular weight is 194 g/mol. The number of rotatable bonds is 4. The van der Waals surface area contributed by atoms with Gasteiger partial charge in [0.15, 0.2) is 0 Å². The van der Waals surface area contributed by atoms with Crippen LogP contribution in [0.5, 0.6) is 0 Å². The summed E-state index contributed by atoms with van der Waals surface area (Å²) in [5.41, 5.74) is 6.60. The van der Waals surface area contributed by atoms with E-state index in [2.05, 4.69) is 18.2 Å². The van der Waals surface area contributed by atoms with E-state index in [9.17, 15) is 0 Å². The van der Waals surface area contributed by atoms with Gasteiger partial charge in [-0.05, 0) is 18.4 Å². The van der Waals surface area contributed by atoms with Crippen LogP contribution in [0.3, 0.4) is 0 Å². The van der Waals surface area contributed by atoms with Gasteiger partial charge >= 0.3 is 0 Å². The van der Waals surface area contributed by atoms with Crippen molar-refractivity contribution in [1.82, 2.24) is 5.32 Å². The van der Waals surface area contributed by atoms with Gasteiger partial charge in [0, 0.05) is 29.6 Å². The molecular weight excluding hydrogens is 180 g/mol. The second-order valence-electron chi connectivity index (χ2n) is 2.99. The first kappa shape index (κ1) is 10.1. The summed E-state index contributed by atoms with van der Waals surface area (Å²) in [6, 6.07) is 2.28. The van der Waals surface area contributed by atoms with Gasteiger partial charge < -0.3 is 11.1 Å². The van der Waals surface area contributed by atoms with E-state index in [4.69, 9.17) is 12.2 Å². The summed E-state index contributed by atoms with van der Waals surface area (Å²) in [6.07, 6.45) is 5.95. The largest absolute Gasteiger partial charge is 0.398 e. The highest BCUT2D eigenvalue weighted by Crippen LogP contribution is 2.18. The van der Waals surface area contributed by atoms with E-state index in [1.54, 1.807) is 11.3 Å². The van der Waals surface area contributed by atoms with Crippen LogP contribution in [0.4, 0.5) is 5.69 Å². The summed E-state index contributed by atoms with van der Waals surface area (Å²) >= 11 is 1.67. The molecule has 70 valence electrons. The molecule has 0 radical (unpaired) electrons. The van der Waals surface area contributed by atoms with Gasteiger partial charge in [-0.3, -0.25) is 0 Å². The molecule has 1 unspecified atom stereocenters. The zero-order valence-corrected chi connectivity index (χ0v) is 8.53. The van der Waals surface area contributed by atoms with Crippen LogP contribution in [0.25, 0.3) is 0 Å². The maximum Gasteiger partial charge on any atom is 0.0468 e. The molecule has 1 aromatic rings. The minimum absolute atomic E-state index is 0.353. The number of terminal acetylenes is 1. The summed E-state index contributed by atoms with van der Waals surface area (Å²) < 4.78 is 0. The fourth-order valence-electron chi connectivity index (χ4n) is 1.01. The van der Waals surface area contributed by atoms with Crippen LogP contribution < -0.4 is 11.1 Å². The van der Waals surface area contributed by atoms with E-state index in [-0.39, 0.29) is 0 Å². The van der Waals surface area contributed by atoms with Gasteiger partial charge in [0.1, 0.15) is 0 Å². The first-order valence-corrected chi connectivity index (χ1v) is 5.10. The Balaban J connectivity index is 2.36. The number of nitrogens with one attached hydrogen (secondary N) is 1. The number of hydrogen-bond acceptors (Lipinski definition) is 3. The zero-order valence-electron chi connectivity index (χ0n) is 7.71. The number of nitrogens with two attached hydrogens (primary N) is 1. The second kappa shape index (κ2) is 4.90. The lowest BCUT2D eigenvalue weighted by molar-refractivity contribution is 0.564. The van der Waals surface area contributed by atoms with Crippen molar-refractivity contribution in [2.75, 3.05) is 5.73 Å². The standard InChI is InChI=1S/C10H14N2S/c1-3-4-8(2)12-7-10-9(11)5-6-13-10/h1,5-6,8,12H,4,7,11H2,2H3. The Hall–Kier alpha value is -0.980. The molecule has 0 amide bonds. The Morgan fingerprint density at radius 1 is 1.77 bits per heavy atom. The van der Waals surface area contributed by atoms with Crippen LogP contribution in [-0.2, 0) is 6.54 Å². The molecule has 0 aliphatic heterocycles. The quantitative estimate of drug-likeness (QED) is 0.718. The molecular formula is C10H14N2S. The number of hydrogen-bond donors (Lipinski definition) is 2. The molecule has 0 aliphatic rings. The first-order chi connectivity index (χ1) is 6.24. The van der Waals surface area contributed by atoms with Crippen molar-refractivity contribution >= 4 is 17.0 Å². The van der Waals surface area contributed by atoms with Crippen molar-refractivity contribution in [1.29, 1.82) is 0 Å². The highest BCUT2D eigenvalue weighted by molar-refractivity contribution is 7.10. The molecule has 13 heavy (non-hydrogen) atoms. The van der Waals surface area contributed by atoms with Gasteiger partial charge in [-0.1, -0.05) is 0 Å². The van der Waals surface area contributed by atoms with E-state index < -0.39 is 0 Å². The van der Waals surface area contributed by atoms with Gasteiger partial charge in [-0.2, -0.15) is 0 Å². The number of thiophene rings is 1. The minimum Gasteiger partial charge on any atom is -0.398 e. The maximum atomic E-state index is 5.73. The summed E-state index contributed by atoms with van der Waals surface area (Å²) in [7, 11) is 0. The van der Waals surface area contributed by atoms with E-state index in [0.717, 1.165) is 18.7 Å². The Morgan fingerprint density at radius 3 is 3.08 bits per heavy atom. The Bertz CT molecular complexity index is 298. The molecule has 0 saturated heterocycles. The molecule has 1 rings (SSSR count). The fraction of sp³-hybridized carbons (Fsp3) is 0.400. The molecule has 0 aliphatic carbocycles. The fourth-order valence-corrected chi connectivity index (χ4v) is 1.76. The zero-order chi connectivity index (χ0) is 9.68. The summed E-state index contributed by atoms with van der Waals surface area (Å²) in [5, 5.41) is 5.31. The molecule has 0 bridgehead atoms. The van der Waals surface area contributed by atoms with Crippen LogP contribution in [0, 0.1) is 12.3 Å². The topological polar surface area (TPSA) is 38.0 Å². The van der Waals surface area contributed by atoms with E-state index in [1.807, 2.05) is 11.4 Å². The molecule has 0 aromatic carbocycles. The predicted molar refractivity (Wildman–Crippen MR) is 58.5 cm³/mol. The van der Waals surface area contributed by atoms with Crippen LogP contribution >= 0.6 is 11.3 Å². The molecule has 3 N–H and O–H groups in total. The van der Waals surface area contributed by atoms with Crippen LogP contribution in [0.1, 0.15) is 18.2 Å². The molecule has 1 heterocycles. The van der Waals surface area contributed by atoms with Crippen molar-refractivity contribution in [3.05, 3.63) is 16.3 Å². The van der Waals surface area contributed by atoms with Crippen molar-refractivity contribution < 1.29 is 0 Å². The maximum absolute atomic E-state index is 5.73. The SMILES string of the molecule is C#CCC(C)NCc1sccc1N. The Morgan fingerprint density at radius 2 is 2.54 bits per heavy atom. The third kappa shape index (κ3) is 3.10. The molecule has 2 nitrogen and oxygen atoms in total. The van der Waals surface area contributed by atoms with Crippen molar-refractivity contribution in [3.63, 3.8) is 0 Å². The van der Waals surface area contributed by atoms with E-state index >= 15 is 0 Å². The summed E-state index contributed by atoms with van der Waals surface area (Å²) in [4.78, 5) is 1.18. The van der Waals surface area contributed by atoms with Gasteiger partial charge in [-0.25, -0.2) is 0 Å². The summed E-state index contributed by atoms with van der Waals surface area (Å²) in [5.74, 6) is 2.62. The number of anilines is 1. The molecule has 1 aromatic heterocycles. The van der Waals surface area contributed by atoms with Gasteiger partial charge in [0.05, 0.1) is 0 Å². The lowest BCUT2D eigenvalue weighted by Crippen LogP contribution is -2.24. The lowest BCUT2D eigenvalue weighted by atomic mass is 10.2. The Labute approximate surface area is 83.2 Å². The summed E-state index contributed by atoms with van der Waals surface area (Å²) in [6.45, 7) is 2.88. The average Bonchev–Trinajstić information content (AvgIpc) is 2.48. The molecule has 3 heteroatoms. The first-order valence-electron chi connectivity index (χ1n) is 4.22. The lowest BCUT2D eigenvalue weighted by Gasteiger charge is -2.09. The predicted octanol–water partition coefficient (Wildman–Crippen LogP) is 1.83. The monoisotopic (exact) mass is 194 g/mol. The molecule has 0 spiro atoms. The highest BCUT2D eigenvalue weighted by Gasteiger charge is 2.02. The molecule has 1 atom stereocenters. The molecule has 0 saturated carbocycles. The van der Waals surface area contributed by atoms with E-state index in [1.165, 1.54) is 4.88 Å². The third-order valence-electron chi connectivity index (χ3n) is 1.81. The number of nitrogen functional groups attached to an aromatic ring is 1. The second-order valence-corrected chi connectivity index (χ2v) is 3.99. The van der Waals surface area contributed by atoms with Crippen LogP contribution in [-0.4, -0.2) is 6.04 Å². The highest BCUT2D eigenvalue weighted by atomic mass is 32.1. The van der Waals surface area contributed by atoms with Crippen molar-refractivity contribution in [3.8, 4) is 12.3 Å². The third-order valence-corrected chi connectivity index (χ3v) is 2.75. The van der Waals surface area contributed by atoms with Gasteiger partial charge in [0.2, 0.25) is 0 Å². The van der Waals surface area contributed by atoms with E-state index in [0.29, 0.717) is 6.04 Å². The normalized spacial score (nSPS) is 12.3. The van der Waals surface area contributed by atoms with Crippen molar-refractivity contribution in [2.45, 2.75) is 25.9 Å². The minimum atomic E-state index is 0.353. The van der Waals surface area contributed by atoms with Crippen LogP contribution in [0.15, 0.2) is 11.4 Å². The smallest absolute Gasteiger partial charge is 0.0468 e. The van der Waals surface area contributed by atoms with Gasteiger partial charge in [0.25, 0.3) is 0 Å². The van der Waals surface area contributed by atoms with Crippen molar-refractivity contribution in [2.24, 2.45) is 0 Å².